The Hall–Kier alpha value is -1.20. The topological polar surface area (TPSA) is 41.6 Å². The lowest BCUT2D eigenvalue weighted by atomic mass is 10.2. The SMILES string of the molecule is COc1cccc(N(C)C(=O)CC2CSCCN2)c1. The number of amides is 1. The maximum Gasteiger partial charge on any atom is 0.228 e. The number of rotatable bonds is 4. The molecular formula is C14H20N2O2S. The van der Waals surface area contributed by atoms with E-state index in [1.54, 1.807) is 12.0 Å². The Morgan fingerprint density at radius 2 is 2.42 bits per heavy atom. The van der Waals surface area contributed by atoms with Crippen molar-refractivity contribution in [1.82, 2.24) is 5.32 Å². The molecule has 5 heteroatoms. The highest BCUT2D eigenvalue weighted by Crippen LogP contribution is 2.21. The molecule has 1 atom stereocenters. The van der Waals surface area contributed by atoms with Gasteiger partial charge in [-0.05, 0) is 12.1 Å². The summed E-state index contributed by atoms with van der Waals surface area (Å²) in [7, 11) is 3.44. The molecule has 0 aliphatic carbocycles. The Morgan fingerprint density at radius 3 is 3.11 bits per heavy atom. The molecule has 1 aliphatic heterocycles. The highest BCUT2D eigenvalue weighted by molar-refractivity contribution is 7.99. The quantitative estimate of drug-likeness (QED) is 0.912. The van der Waals surface area contributed by atoms with E-state index in [1.807, 2.05) is 43.1 Å². The fourth-order valence-corrected chi connectivity index (χ4v) is 3.01. The smallest absolute Gasteiger partial charge is 0.228 e. The van der Waals surface area contributed by atoms with E-state index in [4.69, 9.17) is 4.74 Å². The zero-order chi connectivity index (χ0) is 13.7. The minimum absolute atomic E-state index is 0.133. The summed E-state index contributed by atoms with van der Waals surface area (Å²) >= 11 is 1.91. The van der Waals surface area contributed by atoms with Crippen molar-refractivity contribution in [3.63, 3.8) is 0 Å². The minimum Gasteiger partial charge on any atom is -0.497 e. The Balaban J connectivity index is 1.97. The number of nitrogens with one attached hydrogen (secondary N) is 1. The van der Waals surface area contributed by atoms with Crippen LogP contribution in [0.3, 0.4) is 0 Å². The molecular weight excluding hydrogens is 260 g/mol. The maximum atomic E-state index is 12.2. The summed E-state index contributed by atoms with van der Waals surface area (Å²) in [6, 6.07) is 7.86. The molecule has 104 valence electrons. The first kappa shape index (κ1) is 14.2. The molecule has 1 unspecified atom stereocenters. The van der Waals surface area contributed by atoms with Crippen molar-refractivity contribution < 1.29 is 9.53 Å². The van der Waals surface area contributed by atoms with Gasteiger partial charge in [0.2, 0.25) is 5.91 Å². The standard InChI is InChI=1S/C14H20N2O2S/c1-16(12-4-3-5-13(9-12)18-2)14(17)8-11-10-19-7-6-15-11/h3-5,9,11,15H,6-8,10H2,1-2H3. The fourth-order valence-electron chi connectivity index (χ4n) is 2.06. The van der Waals surface area contributed by atoms with Crippen LogP contribution in [0.5, 0.6) is 5.75 Å². The van der Waals surface area contributed by atoms with E-state index < -0.39 is 0 Å². The number of benzene rings is 1. The number of hydrogen-bond donors (Lipinski definition) is 1. The molecule has 1 aromatic carbocycles. The molecule has 0 radical (unpaired) electrons. The van der Waals surface area contributed by atoms with Crippen LogP contribution in [-0.4, -0.2) is 44.2 Å². The molecule has 0 saturated carbocycles. The fraction of sp³-hybridized carbons (Fsp3) is 0.500. The van der Waals surface area contributed by atoms with Gasteiger partial charge in [-0.25, -0.2) is 0 Å². The normalized spacial score (nSPS) is 18.9. The van der Waals surface area contributed by atoms with Gasteiger partial charge in [0, 0.05) is 49.3 Å². The predicted octanol–water partition coefficient (Wildman–Crippen LogP) is 1.75. The largest absolute Gasteiger partial charge is 0.497 e. The van der Waals surface area contributed by atoms with Crippen LogP contribution in [-0.2, 0) is 4.79 Å². The van der Waals surface area contributed by atoms with E-state index in [-0.39, 0.29) is 5.91 Å². The maximum absolute atomic E-state index is 12.2. The van der Waals surface area contributed by atoms with Crippen LogP contribution in [0.4, 0.5) is 5.69 Å². The number of carbonyl (C=O) groups excluding carboxylic acids is 1. The summed E-state index contributed by atoms with van der Waals surface area (Å²) in [4.78, 5) is 13.9. The first-order chi connectivity index (χ1) is 9.20. The van der Waals surface area contributed by atoms with Crippen LogP contribution in [0, 0.1) is 0 Å². The third-order valence-electron chi connectivity index (χ3n) is 3.23. The van der Waals surface area contributed by atoms with Crippen molar-refractivity contribution in [1.29, 1.82) is 0 Å². The molecule has 1 heterocycles. The van der Waals surface area contributed by atoms with Gasteiger partial charge in [-0.3, -0.25) is 4.79 Å². The van der Waals surface area contributed by atoms with Gasteiger partial charge < -0.3 is 15.0 Å². The molecule has 4 nitrogen and oxygen atoms in total. The molecule has 1 N–H and O–H groups in total. The molecule has 1 aromatic rings. The zero-order valence-corrected chi connectivity index (χ0v) is 12.2. The van der Waals surface area contributed by atoms with Crippen LogP contribution in [0.1, 0.15) is 6.42 Å². The minimum atomic E-state index is 0.133. The molecule has 1 aliphatic rings. The summed E-state index contributed by atoms with van der Waals surface area (Å²) in [5, 5.41) is 3.39. The second kappa shape index (κ2) is 6.82. The van der Waals surface area contributed by atoms with Crippen LogP contribution >= 0.6 is 11.8 Å². The van der Waals surface area contributed by atoms with Gasteiger partial charge in [-0.1, -0.05) is 6.07 Å². The van der Waals surface area contributed by atoms with E-state index >= 15 is 0 Å². The Bertz CT molecular complexity index is 433. The summed E-state index contributed by atoms with van der Waals surface area (Å²) in [5.41, 5.74) is 0.868. The second-order valence-electron chi connectivity index (χ2n) is 4.58. The van der Waals surface area contributed by atoms with Crippen LogP contribution < -0.4 is 15.0 Å². The van der Waals surface area contributed by atoms with Gasteiger partial charge in [0.05, 0.1) is 7.11 Å². The lowest BCUT2D eigenvalue weighted by Gasteiger charge is -2.25. The zero-order valence-electron chi connectivity index (χ0n) is 11.4. The monoisotopic (exact) mass is 280 g/mol. The molecule has 1 amide bonds. The molecule has 0 spiro atoms. The van der Waals surface area contributed by atoms with E-state index in [2.05, 4.69) is 5.32 Å². The second-order valence-corrected chi connectivity index (χ2v) is 5.73. The van der Waals surface area contributed by atoms with Gasteiger partial charge in [0.25, 0.3) is 0 Å². The highest BCUT2D eigenvalue weighted by atomic mass is 32.2. The lowest BCUT2D eigenvalue weighted by molar-refractivity contribution is -0.118. The van der Waals surface area contributed by atoms with Crippen molar-refractivity contribution in [2.45, 2.75) is 12.5 Å². The summed E-state index contributed by atoms with van der Waals surface area (Å²) < 4.78 is 5.18. The number of nitrogens with zero attached hydrogens (tertiary/aromatic N) is 1. The van der Waals surface area contributed by atoms with Crippen LogP contribution in [0.2, 0.25) is 0 Å². The Kier molecular flexibility index (Phi) is 5.10. The van der Waals surface area contributed by atoms with E-state index in [0.717, 1.165) is 29.5 Å². The van der Waals surface area contributed by atoms with Crippen molar-refractivity contribution in [2.75, 3.05) is 37.1 Å². The average molecular weight is 280 g/mol. The molecule has 2 rings (SSSR count). The number of carbonyl (C=O) groups is 1. The summed E-state index contributed by atoms with van der Waals surface area (Å²) in [6.45, 7) is 0.992. The molecule has 0 aromatic heterocycles. The number of hydrogen-bond acceptors (Lipinski definition) is 4. The Labute approximate surface area is 118 Å². The number of methoxy groups -OCH3 is 1. The number of anilines is 1. The first-order valence-electron chi connectivity index (χ1n) is 6.42. The third kappa shape index (κ3) is 3.88. The number of thioether (sulfide) groups is 1. The van der Waals surface area contributed by atoms with E-state index in [0.29, 0.717) is 12.5 Å². The molecule has 1 fully saturated rings. The van der Waals surface area contributed by atoms with Crippen molar-refractivity contribution in [2.24, 2.45) is 0 Å². The van der Waals surface area contributed by atoms with Gasteiger partial charge in [0.1, 0.15) is 5.75 Å². The first-order valence-corrected chi connectivity index (χ1v) is 7.58. The van der Waals surface area contributed by atoms with Crippen molar-refractivity contribution in [3.05, 3.63) is 24.3 Å². The Morgan fingerprint density at radius 1 is 1.58 bits per heavy atom. The predicted molar refractivity (Wildman–Crippen MR) is 80.1 cm³/mol. The number of ether oxygens (including phenoxy) is 1. The van der Waals surface area contributed by atoms with E-state index in [1.165, 1.54) is 0 Å². The van der Waals surface area contributed by atoms with Crippen molar-refractivity contribution >= 4 is 23.4 Å². The molecule has 19 heavy (non-hydrogen) atoms. The molecule has 0 bridgehead atoms. The van der Waals surface area contributed by atoms with Crippen molar-refractivity contribution in [3.8, 4) is 5.75 Å². The lowest BCUT2D eigenvalue weighted by Crippen LogP contribution is -2.41. The summed E-state index contributed by atoms with van der Waals surface area (Å²) in [5.74, 6) is 3.05. The summed E-state index contributed by atoms with van der Waals surface area (Å²) in [6.07, 6.45) is 0.542. The highest BCUT2D eigenvalue weighted by Gasteiger charge is 2.19. The molecule has 1 saturated heterocycles. The van der Waals surface area contributed by atoms with Crippen LogP contribution in [0.15, 0.2) is 24.3 Å². The average Bonchev–Trinajstić information content (AvgIpc) is 2.47. The van der Waals surface area contributed by atoms with Crippen LogP contribution in [0.25, 0.3) is 0 Å². The van der Waals surface area contributed by atoms with Gasteiger partial charge in [-0.15, -0.1) is 0 Å². The van der Waals surface area contributed by atoms with Gasteiger partial charge in [0.15, 0.2) is 0 Å². The van der Waals surface area contributed by atoms with Gasteiger partial charge >= 0.3 is 0 Å². The van der Waals surface area contributed by atoms with E-state index in [9.17, 15) is 4.79 Å². The van der Waals surface area contributed by atoms with Gasteiger partial charge in [-0.2, -0.15) is 11.8 Å². The third-order valence-corrected chi connectivity index (χ3v) is 4.37.